The Morgan fingerprint density at radius 3 is 2.09 bits per heavy atom. The van der Waals surface area contributed by atoms with E-state index in [0.717, 1.165) is 47.2 Å². The Hall–Kier alpha value is -5.95. The molecule has 2 aliphatic rings. The normalized spacial score (nSPS) is 17.9. The molecular weight excluding hydrogens is 817 g/mol. The van der Waals surface area contributed by atoms with Crippen molar-refractivity contribution in [2.24, 2.45) is 34.0 Å². The summed E-state index contributed by atoms with van der Waals surface area (Å²) in [6.07, 6.45) is 6.83. The van der Waals surface area contributed by atoms with Gasteiger partial charge >= 0.3 is 0 Å². The van der Waals surface area contributed by atoms with E-state index < -0.39 is 23.9 Å². The number of unbranched alkanes of at least 4 members (excludes halogenated alkanes) is 1. The average molecular weight is 883 g/mol. The number of carbonyl (C=O) groups excluding carboxylic acids is 4. The molecule has 0 aromatic heterocycles. The first-order valence-corrected chi connectivity index (χ1v) is 23.1. The zero-order valence-electron chi connectivity index (χ0n) is 38.4. The maximum Gasteiger partial charge on any atom is 0.226 e. The number of amides is 2. The first kappa shape index (κ1) is 48.5. The Labute approximate surface area is 384 Å². The van der Waals surface area contributed by atoms with Crippen LogP contribution in [0.3, 0.4) is 0 Å². The average Bonchev–Trinajstić information content (AvgIpc) is 3.76. The Bertz CT molecular complexity index is 2360. The van der Waals surface area contributed by atoms with Gasteiger partial charge in [-0.25, -0.2) is 0 Å². The maximum atomic E-state index is 14.9. The molecule has 6 rings (SSSR count). The summed E-state index contributed by atoms with van der Waals surface area (Å²) in [6, 6.07) is 25.7. The number of ether oxygens (including phenoxy) is 2. The van der Waals surface area contributed by atoms with E-state index in [1.54, 1.807) is 26.1 Å². The maximum absolute atomic E-state index is 14.9. The predicted molar refractivity (Wildman–Crippen MR) is 258 cm³/mol. The molecule has 344 valence electrons. The molecule has 2 aliphatic heterocycles. The molecule has 2 heterocycles. The van der Waals surface area contributed by atoms with Crippen molar-refractivity contribution in [1.82, 2.24) is 10.2 Å². The lowest BCUT2D eigenvalue weighted by molar-refractivity contribution is -0.142. The first-order chi connectivity index (χ1) is 31.4. The second-order valence-electron chi connectivity index (χ2n) is 17.5. The molecule has 0 spiro atoms. The van der Waals surface area contributed by atoms with Crippen LogP contribution >= 0.6 is 0 Å². The molecule has 4 atom stereocenters. The minimum absolute atomic E-state index is 0.0697. The summed E-state index contributed by atoms with van der Waals surface area (Å²) in [5.41, 5.74) is 26.3. The van der Waals surface area contributed by atoms with Crippen LogP contribution in [-0.4, -0.2) is 79.9 Å². The van der Waals surface area contributed by atoms with Crippen LogP contribution in [-0.2, 0) is 27.2 Å². The number of nitrogens with one attached hydrogen (secondary N) is 1. The van der Waals surface area contributed by atoms with Crippen LogP contribution in [0, 0.1) is 11.8 Å². The molecule has 4 aromatic rings. The molecular formula is C53H66N6O6. The smallest absolute Gasteiger partial charge is 0.226 e. The Kier molecular flexibility index (Phi) is 17.4. The van der Waals surface area contributed by atoms with E-state index in [2.05, 4.69) is 41.5 Å². The van der Waals surface area contributed by atoms with E-state index in [1.807, 2.05) is 61.7 Å². The van der Waals surface area contributed by atoms with E-state index in [0.29, 0.717) is 66.0 Å². The molecule has 7 N–H and O–H groups in total. The van der Waals surface area contributed by atoms with Gasteiger partial charge in [-0.1, -0.05) is 80.9 Å². The van der Waals surface area contributed by atoms with Gasteiger partial charge in [0.2, 0.25) is 11.8 Å². The molecule has 0 unspecified atom stereocenters. The summed E-state index contributed by atoms with van der Waals surface area (Å²) < 4.78 is 12.4. The topological polar surface area (TPSA) is 192 Å². The number of likely N-dealkylation sites (N-methyl/N-ethyl adjacent to an activating group) is 1. The highest BCUT2D eigenvalue weighted by molar-refractivity contribution is 6.01. The SMILES string of the molecule is CCCCc1ccc(-c2ccc(C(=O)C[C@@H](CCCN)C(=O)N(C)[C@@H]3C(=O)C[C@@H](C)C(=O)N[C@H](C4=NC=C(C)C4)Cc4ccc(OCCN)c(c4)-c4cc3ccc4OCCN)cc2)cc1. The van der Waals surface area contributed by atoms with E-state index in [9.17, 15) is 19.2 Å². The number of hydrogen-bond acceptors (Lipinski definition) is 10. The van der Waals surface area contributed by atoms with Crippen LogP contribution in [0.25, 0.3) is 22.3 Å². The van der Waals surface area contributed by atoms with Crippen LogP contribution < -0.4 is 32.0 Å². The van der Waals surface area contributed by atoms with E-state index in [-0.39, 0.29) is 62.5 Å². The number of benzene rings is 4. The number of nitrogens with zero attached hydrogens (tertiary/aromatic N) is 2. The quantitative estimate of drug-likeness (QED) is 0.0689. The number of hydrogen-bond donors (Lipinski definition) is 4. The van der Waals surface area contributed by atoms with Gasteiger partial charge in [0.25, 0.3) is 0 Å². The second-order valence-corrected chi connectivity index (χ2v) is 17.5. The lowest BCUT2D eigenvalue weighted by Crippen LogP contribution is -2.45. The predicted octanol–water partition coefficient (Wildman–Crippen LogP) is 7.55. The standard InChI is InChI=1S/C53H66N6O6/c1-5-6-8-36-10-13-38(14-11-36)39-15-17-40(18-16-39)47(60)32-42(9-7-22-54)53(63)59(4)51-41-19-21-50(65-26-24-56)44(31-41)43-29-37(12-20-49(43)64-25-23-55)30-46(45-27-34(2)33-57-45)58-52(62)35(3)28-48(51)61/h10-21,29,31,33,35,42,46,51H,5-9,22-28,30,32,54-56H2,1-4H3,(H,58,62)/t35-,42-,46+,51+/m1/s1. The van der Waals surface area contributed by atoms with Gasteiger partial charge < -0.3 is 36.9 Å². The highest BCUT2D eigenvalue weighted by Gasteiger charge is 2.36. The van der Waals surface area contributed by atoms with Crippen molar-refractivity contribution in [3.63, 3.8) is 0 Å². The molecule has 0 radical (unpaired) electrons. The van der Waals surface area contributed by atoms with Gasteiger partial charge in [-0.2, -0.15) is 0 Å². The highest BCUT2D eigenvalue weighted by Crippen LogP contribution is 2.41. The fourth-order valence-electron chi connectivity index (χ4n) is 8.68. The summed E-state index contributed by atoms with van der Waals surface area (Å²) in [6.45, 7) is 7.27. The Morgan fingerprint density at radius 2 is 1.48 bits per heavy atom. The van der Waals surface area contributed by atoms with Crippen LogP contribution in [0.4, 0.5) is 0 Å². The minimum Gasteiger partial charge on any atom is -0.492 e. The number of carbonyl (C=O) groups is 4. The van der Waals surface area contributed by atoms with Crippen molar-refractivity contribution in [3.05, 3.63) is 119 Å². The molecule has 4 bridgehead atoms. The summed E-state index contributed by atoms with van der Waals surface area (Å²) in [5.74, 6) is -1.62. The van der Waals surface area contributed by atoms with Crippen molar-refractivity contribution in [2.45, 2.75) is 90.6 Å². The number of aliphatic imine (C=N–C) groups is 1. The van der Waals surface area contributed by atoms with Gasteiger partial charge in [0.05, 0.1) is 6.04 Å². The number of ketones is 2. The van der Waals surface area contributed by atoms with Crippen LogP contribution in [0.5, 0.6) is 11.5 Å². The minimum atomic E-state index is -1.12. The lowest BCUT2D eigenvalue weighted by Gasteiger charge is -2.32. The van der Waals surface area contributed by atoms with Crippen molar-refractivity contribution in [1.29, 1.82) is 0 Å². The lowest BCUT2D eigenvalue weighted by atomic mass is 9.87. The molecule has 12 heteroatoms. The number of fused-ring (bicyclic) bond motifs is 5. The van der Waals surface area contributed by atoms with E-state index in [4.69, 9.17) is 26.7 Å². The van der Waals surface area contributed by atoms with Crippen molar-refractivity contribution in [2.75, 3.05) is 39.9 Å². The van der Waals surface area contributed by atoms with Gasteiger partial charge in [-0.15, -0.1) is 0 Å². The number of rotatable bonds is 19. The fourth-order valence-corrected chi connectivity index (χ4v) is 8.68. The number of aryl methyl sites for hydroxylation is 1. The van der Waals surface area contributed by atoms with E-state index >= 15 is 0 Å². The molecule has 0 fully saturated rings. The van der Waals surface area contributed by atoms with Gasteiger partial charge in [0.15, 0.2) is 11.6 Å². The van der Waals surface area contributed by atoms with Gasteiger partial charge in [0, 0.05) is 79.8 Å². The summed E-state index contributed by atoms with van der Waals surface area (Å²) in [5, 5.41) is 3.20. The van der Waals surface area contributed by atoms with Crippen molar-refractivity contribution >= 4 is 29.1 Å². The third-order valence-corrected chi connectivity index (χ3v) is 12.3. The summed E-state index contributed by atoms with van der Waals surface area (Å²) in [4.78, 5) is 63.8. The second kappa shape index (κ2) is 23.3. The molecule has 12 nitrogen and oxygen atoms in total. The Balaban J connectivity index is 1.36. The monoisotopic (exact) mass is 883 g/mol. The van der Waals surface area contributed by atoms with Crippen LogP contribution in [0.2, 0.25) is 0 Å². The molecule has 0 saturated carbocycles. The van der Waals surface area contributed by atoms with Gasteiger partial charge in [0.1, 0.15) is 30.8 Å². The fraction of sp³-hybridized carbons (Fsp3) is 0.415. The van der Waals surface area contributed by atoms with Crippen LogP contribution in [0.1, 0.15) is 98.8 Å². The number of Topliss-reactive ketones (excluding diaryl/α,β-unsaturated/α-hetero) is 2. The van der Waals surface area contributed by atoms with Crippen LogP contribution in [0.15, 0.2) is 102 Å². The van der Waals surface area contributed by atoms with Crippen molar-refractivity contribution < 1.29 is 28.7 Å². The molecule has 65 heavy (non-hydrogen) atoms. The molecule has 0 aliphatic carbocycles. The molecule has 2 amide bonds. The van der Waals surface area contributed by atoms with Gasteiger partial charge in [-0.3, -0.25) is 24.2 Å². The van der Waals surface area contributed by atoms with Gasteiger partial charge in [-0.05, 0) is 103 Å². The zero-order chi connectivity index (χ0) is 46.5. The zero-order valence-corrected chi connectivity index (χ0v) is 38.4. The molecule has 4 aromatic carbocycles. The summed E-state index contributed by atoms with van der Waals surface area (Å²) in [7, 11) is 1.60. The van der Waals surface area contributed by atoms with Crippen molar-refractivity contribution in [3.8, 4) is 33.8 Å². The Morgan fingerprint density at radius 1 is 0.831 bits per heavy atom. The highest BCUT2D eigenvalue weighted by atomic mass is 16.5. The largest absolute Gasteiger partial charge is 0.492 e. The molecule has 0 saturated heterocycles. The summed E-state index contributed by atoms with van der Waals surface area (Å²) >= 11 is 0. The number of nitrogens with two attached hydrogens (primary N) is 3. The van der Waals surface area contributed by atoms with E-state index in [1.165, 1.54) is 10.5 Å². The number of allylic oxidation sites excluding steroid dienone is 1. The third kappa shape index (κ3) is 12.4. The first-order valence-electron chi connectivity index (χ1n) is 23.1. The third-order valence-electron chi connectivity index (χ3n) is 12.3.